The van der Waals surface area contributed by atoms with Gasteiger partial charge in [-0.25, -0.2) is 0 Å². The van der Waals surface area contributed by atoms with E-state index in [1.54, 1.807) is 0 Å². The summed E-state index contributed by atoms with van der Waals surface area (Å²) in [4.78, 5) is 0. The van der Waals surface area contributed by atoms with Crippen LogP contribution in [-0.2, 0) is 6.42 Å². The Labute approximate surface area is 110 Å². The fraction of sp³-hybridized carbons (Fsp3) is 0.294. The van der Waals surface area contributed by atoms with Crippen LogP contribution in [0, 0.1) is 6.92 Å². The molecule has 0 radical (unpaired) electrons. The molecule has 0 aliphatic rings. The molecule has 2 N–H and O–H groups in total. The van der Waals surface area contributed by atoms with Crippen molar-refractivity contribution in [3.8, 4) is 0 Å². The average molecular weight is 239 g/mol. The van der Waals surface area contributed by atoms with Gasteiger partial charge in [0.25, 0.3) is 0 Å². The fourth-order valence-electron chi connectivity index (χ4n) is 2.20. The predicted octanol–water partition coefficient (Wildman–Crippen LogP) is 4.00. The standard InChI is InChI=1S/C17H21N/c1-3-5-14-6-4-7-16(12-14)17(18)15-10-8-13(2)9-11-15/h4,6-12,17H,3,5,18H2,1-2H3. The van der Waals surface area contributed by atoms with Gasteiger partial charge in [0.05, 0.1) is 6.04 Å². The molecule has 0 fully saturated rings. The molecule has 2 aromatic carbocycles. The minimum absolute atomic E-state index is 0.0255. The van der Waals surface area contributed by atoms with Gasteiger partial charge in [-0.1, -0.05) is 67.4 Å². The molecule has 0 aliphatic heterocycles. The van der Waals surface area contributed by atoms with Crippen molar-refractivity contribution in [2.75, 3.05) is 0 Å². The molecule has 0 aromatic heterocycles. The van der Waals surface area contributed by atoms with Gasteiger partial charge in [0.1, 0.15) is 0 Å². The molecule has 1 nitrogen and oxygen atoms in total. The second-order valence-electron chi connectivity index (χ2n) is 4.88. The summed E-state index contributed by atoms with van der Waals surface area (Å²) < 4.78 is 0. The molecule has 0 saturated carbocycles. The Bertz CT molecular complexity index is 499. The highest BCUT2D eigenvalue weighted by atomic mass is 14.6. The van der Waals surface area contributed by atoms with Gasteiger partial charge >= 0.3 is 0 Å². The van der Waals surface area contributed by atoms with E-state index < -0.39 is 0 Å². The zero-order chi connectivity index (χ0) is 13.0. The molecule has 0 spiro atoms. The van der Waals surface area contributed by atoms with Crippen molar-refractivity contribution in [3.05, 3.63) is 70.8 Å². The molecule has 1 unspecified atom stereocenters. The maximum Gasteiger partial charge on any atom is 0.0551 e. The van der Waals surface area contributed by atoms with Crippen LogP contribution in [0.25, 0.3) is 0 Å². The van der Waals surface area contributed by atoms with Crippen LogP contribution in [-0.4, -0.2) is 0 Å². The number of nitrogens with two attached hydrogens (primary N) is 1. The van der Waals surface area contributed by atoms with Gasteiger partial charge in [-0.3, -0.25) is 0 Å². The summed E-state index contributed by atoms with van der Waals surface area (Å²) in [6, 6.07) is 17.1. The molecular formula is C17H21N. The van der Waals surface area contributed by atoms with Gasteiger partial charge in [-0.2, -0.15) is 0 Å². The average Bonchev–Trinajstić information content (AvgIpc) is 2.39. The molecule has 2 rings (SSSR count). The van der Waals surface area contributed by atoms with Gasteiger partial charge in [0.2, 0.25) is 0 Å². The third kappa shape index (κ3) is 2.99. The minimum atomic E-state index is -0.0255. The maximum atomic E-state index is 6.33. The summed E-state index contributed by atoms with van der Waals surface area (Å²) in [6.45, 7) is 4.30. The van der Waals surface area contributed by atoms with Crippen molar-refractivity contribution in [2.45, 2.75) is 32.7 Å². The van der Waals surface area contributed by atoms with Crippen LogP contribution in [0.4, 0.5) is 0 Å². The Morgan fingerprint density at radius 2 is 1.72 bits per heavy atom. The zero-order valence-electron chi connectivity index (χ0n) is 11.2. The molecule has 1 atom stereocenters. The number of hydrogen-bond donors (Lipinski definition) is 1. The first-order valence-electron chi connectivity index (χ1n) is 6.61. The Morgan fingerprint density at radius 3 is 2.39 bits per heavy atom. The quantitative estimate of drug-likeness (QED) is 0.857. The van der Waals surface area contributed by atoms with Crippen molar-refractivity contribution in [1.82, 2.24) is 0 Å². The summed E-state index contributed by atoms with van der Waals surface area (Å²) in [7, 11) is 0. The Hall–Kier alpha value is -1.60. The van der Waals surface area contributed by atoms with Crippen molar-refractivity contribution in [2.24, 2.45) is 5.73 Å². The summed E-state index contributed by atoms with van der Waals surface area (Å²) in [5, 5.41) is 0. The molecular weight excluding hydrogens is 218 g/mol. The summed E-state index contributed by atoms with van der Waals surface area (Å²) >= 11 is 0. The highest BCUT2D eigenvalue weighted by Gasteiger charge is 2.08. The van der Waals surface area contributed by atoms with Crippen LogP contribution in [0.3, 0.4) is 0 Å². The van der Waals surface area contributed by atoms with Crippen molar-refractivity contribution < 1.29 is 0 Å². The summed E-state index contributed by atoms with van der Waals surface area (Å²) in [6.07, 6.45) is 2.29. The lowest BCUT2D eigenvalue weighted by Gasteiger charge is -2.14. The van der Waals surface area contributed by atoms with E-state index in [9.17, 15) is 0 Å². The Kier molecular flexibility index (Phi) is 4.16. The lowest BCUT2D eigenvalue weighted by atomic mass is 9.96. The monoisotopic (exact) mass is 239 g/mol. The number of rotatable bonds is 4. The SMILES string of the molecule is CCCc1cccc(C(N)c2ccc(C)cc2)c1. The summed E-state index contributed by atoms with van der Waals surface area (Å²) in [5.41, 5.74) is 11.3. The first-order chi connectivity index (χ1) is 8.70. The van der Waals surface area contributed by atoms with Gasteiger partial charge in [-0.15, -0.1) is 0 Å². The van der Waals surface area contributed by atoms with E-state index in [2.05, 4.69) is 62.4 Å². The first-order valence-corrected chi connectivity index (χ1v) is 6.61. The fourth-order valence-corrected chi connectivity index (χ4v) is 2.20. The highest BCUT2D eigenvalue weighted by Crippen LogP contribution is 2.21. The van der Waals surface area contributed by atoms with Crippen LogP contribution < -0.4 is 5.73 Å². The smallest absolute Gasteiger partial charge is 0.0551 e. The number of benzene rings is 2. The molecule has 0 aliphatic carbocycles. The highest BCUT2D eigenvalue weighted by molar-refractivity contribution is 5.35. The third-order valence-corrected chi connectivity index (χ3v) is 3.29. The topological polar surface area (TPSA) is 26.0 Å². The van der Waals surface area contributed by atoms with Crippen LogP contribution in [0.5, 0.6) is 0 Å². The molecule has 0 heterocycles. The van der Waals surface area contributed by atoms with Gasteiger partial charge in [0.15, 0.2) is 0 Å². The Morgan fingerprint density at radius 1 is 1.00 bits per heavy atom. The van der Waals surface area contributed by atoms with E-state index in [-0.39, 0.29) is 6.04 Å². The first kappa shape index (κ1) is 12.8. The van der Waals surface area contributed by atoms with Crippen LogP contribution in [0.2, 0.25) is 0 Å². The van der Waals surface area contributed by atoms with E-state index in [1.807, 2.05) is 0 Å². The number of aryl methyl sites for hydroxylation is 2. The van der Waals surface area contributed by atoms with E-state index in [1.165, 1.54) is 28.7 Å². The lowest BCUT2D eigenvalue weighted by Crippen LogP contribution is -2.12. The van der Waals surface area contributed by atoms with E-state index >= 15 is 0 Å². The van der Waals surface area contributed by atoms with Gasteiger partial charge in [-0.05, 0) is 30.0 Å². The molecule has 0 saturated heterocycles. The normalized spacial score (nSPS) is 12.4. The zero-order valence-corrected chi connectivity index (χ0v) is 11.2. The van der Waals surface area contributed by atoms with E-state index in [4.69, 9.17) is 5.73 Å². The van der Waals surface area contributed by atoms with Crippen molar-refractivity contribution in [3.63, 3.8) is 0 Å². The molecule has 18 heavy (non-hydrogen) atoms. The van der Waals surface area contributed by atoms with Crippen LogP contribution in [0.1, 0.15) is 41.6 Å². The molecule has 0 amide bonds. The Balaban J connectivity index is 2.24. The van der Waals surface area contributed by atoms with E-state index in [0.29, 0.717) is 0 Å². The molecule has 0 bridgehead atoms. The predicted molar refractivity (Wildman–Crippen MR) is 77.6 cm³/mol. The lowest BCUT2D eigenvalue weighted by molar-refractivity contribution is 0.858. The van der Waals surface area contributed by atoms with E-state index in [0.717, 1.165) is 6.42 Å². The van der Waals surface area contributed by atoms with Crippen LogP contribution in [0.15, 0.2) is 48.5 Å². The molecule has 2 aromatic rings. The molecule has 94 valence electrons. The maximum absolute atomic E-state index is 6.33. The molecule has 1 heteroatoms. The van der Waals surface area contributed by atoms with Crippen molar-refractivity contribution in [1.29, 1.82) is 0 Å². The third-order valence-electron chi connectivity index (χ3n) is 3.29. The van der Waals surface area contributed by atoms with Crippen molar-refractivity contribution >= 4 is 0 Å². The van der Waals surface area contributed by atoms with Crippen LogP contribution >= 0.6 is 0 Å². The number of hydrogen-bond acceptors (Lipinski definition) is 1. The second-order valence-corrected chi connectivity index (χ2v) is 4.88. The summed E-state index contributed by atoms with van der Waals surface area (Å²) in [5.74, 6) is 0. The van der Waals surface area contributed by atoms with Gasteiger partial charge < -0.3 is 5.73 Å². The van der Waals surface area contributed by atoms with Gasteiger partial charge in [0, 0.05) is 0 Å². The second kappa shape index (κ2) is 5.83. The largest absolute Gasteiger partial charge is 0.320 e. The minimum Gasteiger partial charge on any atom is -0.320 e.